The molecule has 2 rings (SSSR count). The Morgan fingerprint density at radius 3 is 2.53 bits per heavy atom. The quantitative estimate of drug-likeness (QED) is 0.839. The molecular weight excluding hydrogens is 262 g/mol. The molecule has 1 aromatic rings. The Hall–Kier alpha value is -2.51. The van der Waals surface area contributed by atoms with Crippen molar-refractivity contribution in [3.63, 3.8) is 0 Å². The molecule has 0 saturated carbocycles. The van der Waals surface area contributed by atoms with Gasteiger partial charge in [-0.2, -0.15) is 8.78 Å². The first-order valence-corrected chi connectivity index (χ1v) is 5.19. The third kappa shape index (κ3) is 2.67. The van der Waals surface area contributed by atoms with Gasteiger partial charge in [-0.1, -0.05) is 12.1 Å². The van der Waals surface area contributed by atoms with Crippen LogP contribution in [0.15, 0.2) is 24.3 Å². The molecule has 100 valence electrons. The van der Waals surface area contributed by atoms with E-state index < -0.39 is 30.9 Å². The number of halogens is 2. The molecule has 0 unspecified atom stereocenters. The van der Waals surface area contributed by atoms with E-state index in [4.69, 9.17) is 0 Å². The first-order valence-electron chi connectivity index (χ1n) is 5.19. The number of hydrogen-bond acceptors (Lipinski definition) is 4. The minimum absolute atomic E-state index is 0.141. The third-order valence-corrected chi connectivity index (χ3v) is 2.33. The van der Waals surface area contributed by atoms with Crippen LogP contribution in [0.25, 0.3) is 0 Å². The highest BCUT2D eigenvalue weighted by Crippen LogP contribution is 2.30. The fourth-order valence-corrected chi connectivity index (χ4v) is 1.63. The Morgan fingerprint density at radius 2 is 1.89 bits per heavy atom. The van der Waals surface area contributed by atoms with E-state index in [1.54, 1.807) is 0 Å². The Balaban J connectivity index is 2.38. The molecule has 0 spiro atoms. The van der Waals surface area contributed by atoms with Crippen molar-refractivity contribution in [2.24, 2.45) is 0 Å². The highest BCUT2D eigenvalue weighted by molar-refractivity contribution is 6.26. The summed E-state index contributed by atoms with van der Waals surface area (Å²) >= 11 is 0. The largest absolute Gasteiger partial charge is 0.433 e. The molecule has 0 bridgehead atoms. The predicted octanol–water partition coefficient (Wildman–Crippen LogP) is 1.26. The Kier molecular flexibility index (Phi) is 3.41. The van der Waals surface area contributed by atoms with Gasteiger partial charge in [0.2, 0.25) is 11.8 Å². The number of urea groups is 1. The van der Waals surface area contributed by atoms with Crippen LogP contribution in [0.1, 0.15) is 6.42 Å². The lowest BCUT2D eigenvalue weighted by Gasteiger charge is -2.26. The minimum atomic E-state index is -3.09. The van der Waals surface area contributed by atoms with Gasteiger partial charge < -0.3 is 4.74 Å². The molecule has 8 heteroatoms. The molecule has 1 aliphatic heterocycles. The van der Waals surface area contributed by atoms with Crippen molar-refractivity contribution in [2.45, 2.75) is 13.0 Å². The average molecular weight is 270 g/mol. The molecule has 0 atom stereocenters. The van der Waals surface area contributed by atoms with E-state index in [-0.39, 0.29) is 11.4 Å². The number of nitrogens with zero attached hydrogens (tertiary/aromatic N) is 1. The van der Waals surface area contributed by atoms with E-state index in [9.17, 15) is 23.2 Å². The lowest BCUT2D eigenvalue weighted by Crippen LogP contribution is -2.53. The number of rotatable bonds is 3. The summed E-state index contributed by atoms with van der Waals surface area (Å²) in [6.07, 6.45) is -0.533. The van der Waals surface area contributed by atoms with Gasteiger partial charge in [-0.05, 0) is 12.1 Å². The zero-order valence-corrected chi connectivity index (χ0v) is 9.43. The number of amides is 4. The van der Waals surface area contributed by atoms with E-state index in [1.807, 2.05) is 5.32 Å². The molecule has 1 N–H and O–H groups in total. The number of hydrogen-bond donors (Lipinski definition) is 1. The fraction of sp³-hybridized carbons (Fsp3) is 0.182. The monoisotopic (exact) mass is 270 g/mol. The summed E-state index contributed by atoms with van der Waals surface area (Å²) in [7, 11) is 0. The maximum atomic E-state index is 12.2. The van der Waals surface area contributed by atoms with Gasteiger partial charge in [-0.3, -0.25) is 14.9 Å². The maximum Gasteiger partial charge on any atom is 0.387 e. The van der Waals surface area contributed by atoms with Crippen molar-refractivity contribution in [1.82, 2.24) is 5.32 Å². The van der Waals surface area contributed by atoms with E-state index in [0.29, 0.717) is 4.90 Å². The molecule has 4 amide bonds. The zero-order valence-electron chi connectivity index (χ0n) is 9.43. The van der Waals surface area contributed by atoms with Gasteiger partial charge in [0.25, 0.3) is 0 Å². The Morgan fingerprint density at radius 1 is 1.21 bits per heavy atom. The van der Waals surface area contributed by atoms with Gasteiger partial charge in [-0.15, -0.1) is 0 Å². The number of imide groups is 2. The number of alkyl halides is 2. The fourth-order valence-electron chi connectivity index (χ4n) is 1.63. The summed E-state index contributed by atoms with van der Waals surface area (Å²) in [5, 5.41) is 1.92. The Labute approximate surface area is 105 Å². The Bertz CT molecular complexity index is 527. The molecule has 0 aliphatic carbocycles. The first-order chi connectivity index (χ1) is 8.99. The van der Waals surface area contributed by atoms with Crippen molar-refractivity contribution in [3.05, 3.63) is 24.3 Å². The molecular formula is C11H8F2N2O4. The average Bonchev–Trinajstić information content (AvgIpc) is 2.29. The normalized spacial score (nSPS) is 15.7. The number of para-hydroxylation sites is 2. The number of nitrogens with one attached hydrogen (secondary N) is 1. The second-order valence-corrected chi connectivity index (χ2v) is 3.61. The van der Waals surface area contributed by atoms with Crippen molar-refractivity contribution >= 4 is 23.5 Å². The van der Waals surface area contributed by atoms with Crippen LogP contribution >= 0.6 is 0 Å². The van der Waals surface area contributed by atoms with Gasteiger partial charge in [0, 0.05) is 0 Å². The SMILES string of the molecule is O=C1CC(=O)N(c2ccccc2OC(F)F)C(=O)N1. The van der Waals surface area contributed by atoms with Crippen molar-refractivity contribution in [1.29, 1.82) is 0 Å². The van der Waals surface area contributed by atoms with Crippen LogP contribution in [0.3, 0.4) is 0 Å². The van der Waals surface area contributed by atoms with Gasteiger partial charge in [-0.25, -0.2) is 9.69 Å². The summed E-state index contributed by atoms with van der Waals surface area (Å²) in [5.74, 6) is -1.87. The van der Waals surface area contributed by atoms with E-state index >= 15 is 0 Å². The standard InChI is InChI=1S/C11H8F2N2O4/c12-10(13)19-7-4-2-1-3-6(7)15-9(17)5-8(16)14-11(15)18/h1-4,10H,5H2,(H,14,16,18). The molecule has 1 fully saturated rings. The molecule has 1 heterocycles. The van der Waals surface area contributed by atoms with E-state index in [2.05, 4.69) is 4.74 Å². The zero-order chi connectivity index (χ0) is 14.0. The maximum absolute atomic E-state index is 12.2. The lowest BCUT2D eigenvalue weighted by atomic mass is 10.2. The van der Waals surface area contributed by atoms with Crippen LogP contribution in [0, 0.1) is 0 Å². The van der Waals surface area contributed by atoms with Gasteiger partial charge in [0.1, 0.15) is 12.2 Å². The van der Waals surface area contributed by atoms with Crippen molar-refractivity contribution in [3.8, 4) is 5.75 Å². The van der Waals surface area contributed by atoms with Crippen LogP contribution in [0.5, 0.6) is 5.75 Å². The topological polar surface area (TPSA) is 75.7 Å². The molecule has 0 aromatic heterocycles. The number of ether oxygens (including phenoxy) is 1. The molecule has 0 radical (unpaired) electrons. The van der Waals surface area contributed by atoms with Gasteiger partial charge >= 0.3 is 12.6 Å². The number of anilines is 1. The minimum Gasteiger partial charge on any atom is -0.433 e. The number of carbonyl (C=O) groups is 3. The van der Waals surface area contributed by atoms with Crippen molar-refractivity contribution < 1.29 is 27.9 Å². The highest BCUT2D eigenvalue weighted by Gasteiger charge is 2.33. The number of barbiturate groups is 1. The van der Waals surface area contributed by atoms with Crippen LogP contribution in [-0.4, -0.2) is 24.5 Å². The molecule has 1 saturated heterocycles. The van der Waals surface area contributed by atoms with Crippen molar-refractivity contribution in [2.75, 3.05) is 4.90 Å². The predicted molar refractivity (Wildman–Crippen MR) is 58.7 cm³/mol. The summed E-state index contributed by atoms with van der Waals surface area (Å²) in [4.78, 5) is 34.8. The second-order valence-electron chi connectivity index (χ2n) is 3.61. The third-order valence-electron chi connectivity index (χ3n) is 2.33. The molecule has 19 heavy (non-hydrogen) atoms. The second kappa shape index (κ2) is 5.01. The summed E-state index contributed by atoms with van der Waals surface area (Å²) < 4.78 is 28.7. The summed E-state index contributed by atoms with van der Waals surface area (Å²) in [6.45, 7) is -3.09. The first kappa shape index (κ1) is 12.9. The van der Waals surface area contributed by atoms with Gasteiger partial charge in [0.05, 0.1) is 5.69 Å². The summed E-state index contributed by atoms with van der Waals surface area (Å²) in [6, 6.07) is 4.33. The van der Waals surface area contributed by atoms with E-state index in [1.165, 1.54) is 24.3 Å². The van der Waals surface area contributed by atoms with Gasteiger partial charge in [0.15, 0.2) is 0 Å². The van der Waals surface area contributed by atoms with Crippen LogP contribution < -0.4 is 15.0 Å². The molecule has 1 aromatic carbocycles. The smallest absolute Gasteiger partial charge is 0.387 e. The number of carbonyl (C=O) groups excluding carboxylic acids is 3. The van der Waals surface area contributed by atoms with Crippen LogP contribution in [0.2, 0.25) is 0 Å². The summed E-state index contributed by atoms with van der Waals surface area (Å²) in [5.41, 5.74) is -0.141. The van der Waals surface area contributed by atoms with E-state index in [0.717, 1.165) is 0 Å². The number of benzene rings is 1. The highest BCUT2D eigenvalue weighted by atomic mass is 19.3. The van der Waals surface area contributed by atoms with Crippen LogP contribution in [-0.2, 0) is 9.59 Å². The molecule has 1 aliphatic rings. The molecule has 6 nitrogen and oxygen atoms in total. The van der Waals surface area contributed by atoms with Crippen LogP contribution in [0.4, 0.5) is 19.3 Å². The lowest BCUT2D eigenvalue weighted by molar-refractivity contribution is -0.128.